The van der Waals surface area contributed by atoms with Gasteiger partial charge in [0, 0.05) is 31.4 Å². The van der Waals surface area contributed by atoms with E-state index in [1.807, 2.05) is 11.8 Å². The minimum Gasteiger partial charge on any atom is -0.341 e. The summed E-state index contributed by atoms with van der Waals surface area (Å²) >= 11 is 0. The lowest BCUT2D eigenvalue weighted by atomic mass is 9.96. The first kappa shape index (κ1) is 14.8. The van der Waals surface area contributed by atoms with Gasteiger partial charge < -0.3 is 9.88 Å². The molecule has 5 nitrogen and oxygen atoms in total. The van der Waals surface area contributed by atoms with E-state index in [0.717, 1.165) is 24.6 Å². The van der Waals surface area contributed by atoms with Gasteiger partial charge in [-0.15, -0.1) is 0 Å². The van der Waals surface area contributed by atoms with Crippen LogP contribution in [0.1, 0.15) is 35.8 Å². The minimum absolute atomic E-state index is 0.0119. The first-order valence-corrected chi connectivity index (χ1v) is 7.09. The van der Waals surface area contributed by atoms with Crippen molar-refractivity contribution in [1.82, 2.24) is 19.9 Å². The summed E-state index contributed by atoms with van der Waals surface area (Å²) in [5, 5.41) is 0. The van der Waals surface area contributed by atoms with Crippen LogP contribution in [0.25, 0.3) is 0 Å². The van der Waals surface area contributed by atoms with Crippen LogP contribution in [-0.4, -0.2) is 33.0 Å². The molecule has 1 aliphatic heterocycles. The summed E-state index contributed by atoms with van der Waals surface area (Å²) in [6.07, 6.45) is 1.46. The molecule has 0 unspecified atom stereocenters. The first-order chi connectivity index (χ1) is 10.4. The van der Waals surface area contributed by atoms with Crippen LogP contribution >= 0.6 is 0 Å². The number of hydrogen-bond acceptors (Lipinski definition) is 4. The van der Waals surface area contributed by atoms with E-state index in [9.17, 15) is 13.2 Å². The molecule has 0 aliphatic carbocycles. The summed E-state index contributed by atoms with van der Waals surface area (Å²) in [4.78, 5) is 16.9. The Hall–Kier alpha value is -2.12. The highest BCUT2D eigenvalue weighted by atomic mass is 19.4. The maximum atomic E-state index is 12.6. The number of piperidine rings is 1. The maximum absolute atomic E-state index is 12.6. The highest BCUT2D eigenvalue weighted by Gasteiger charge is 2.34. The Balaban J connectivity index is 1.64. The van der Waals surface area contributed by atoms with Crippen molar-refractivity contribution in [1.29, 1.82) is 0 Å². The van der Waals surface area contributed by atoms with Crippen molar-refractivity contribution in [2.45, 2.75) is 31.9 Å². The Morgan fingerprint density at radius 3 is 2.27 bits per heavy atom. The van der Waals surface area contributed by atoms with Crippen LogP contribution < -0.4 is 4.90 Å². The van der Waals surface area contributed by atoms with E-state index < -0.39 is 11.9 Å². The number of alkyl halides is 3. The average molecular weight is 311 g/mol. The summed E-state index contributed by atoms with van der Waals surface area (Å²) in [6, 6.07) is 0. The fourth-order valence-electron chi connectivity index (χ4n) is 2.59. The number of aromatic amines is 1. The zero-order chi connectivity index (χ0) is 15.7. The Morgan fingerprint density at radius 1 is 1.09 bits per heavy atom. The number of aryl methyl sites for hydroxylation is 1. The average Bonchev–Trinajstić information content (AvgIpc) is 2.98. The quantitative estimate of drug-likeness (QED) is 0.926. The van der Waals surface area contributed by atoms with Gasteiger partial charge in [0.25, 0.3) is 0 Å². The van der Waals surface area contributed by atoms with Gasteiger partial charge in [0.05, 0.1) is 6.20 Å². The van der Waals surface area contributed by atoms with E-state index in [4.69, 9.17) is 0 Å². The number of hydrogen-bond donors (Lipinski definition) is 1. The molecule has 0 atom stereocenters. The normalized spacial score (nSPS) is 17.0. The van der Waals surface area contributed by atoms with Crippen LogP contribution in [0.4, 0.5) is 19.1 Å². The number of anilines is 1. The largest absolute Gasteiger partial charge is 0.432 e. The molecule has 0 amide bonds. The second-order valence-electron chi connectivity index (χ2n) is 5.50. The fourth-order valence-corrected chi connectivity index (χ4v) is 2.59. The second kappa shape index (κ2) is 5.58. The summed E-state index contributed by atoms with van der Waals surface area (Å²) in [7, 11) is 0. The number of nitrogens with zero attached hydrogens (tertiary/aromatic N) is 4. The Kier molecular flexibility index (Phi) is 3.76. The predicted molar refractivity (Wildman–Crippen MR) is 74.5 cm³/mol. The highest BCUT2D eigenvalue weighted by Crippen LogP contribution is 2.32. The third kappa shape index (κ3) is 3.05. The molecule has 8 heteroatoms. The van der Waals surface area contributed by atoms with E-state index in [-0.39, 0.29) is 5.92 Å². The maximum Gasteiger partial charge on any atom is 0.432 e. The third-order valence-electron chi connectivity index (χ3n) is 3.83. The van der Waals surface area contributed by atoms with Crippen LogP contribution in [0.2, 0.25) is 0 Å². The molecule has 0 aromatic carbocycles. The Bertz CT molecular complexity index is 627. The van der Waals surface area contributed by atoms with Gasteiger partial charge in [0.1, 0.15) is 11.5 Å². The van der Waals surface area contributed by atoms with E-state index in [0.29, 0.717) is 24.9 Å². The van der Waals surface area contributed by atoms with Crippen LogP contribution in [0.3, 0.4) is 0 Å². The van der Waals surface area contributed by atoms with Gasteiger partial charge in [-0.3, -0.25) is 0 Å². The van der Waals surface area contributed by atoms with Crippen LogP contribution in [0.15, 0.2) is 18.6 Å². The molecule has 22 heavy (non-hydrogen) atoms. The van der Waals surface area contributed by atoms with Crippen molar-refractivity contribution < 1.29 is 13.2 Å². The number of nitrogens with one attached hydrogen (secondary N) is 1. The van der Waals surface area contributed by atoms with Crippen molar-refractivity contribution in [2.24, 2.45) is 0 Å². The summed E-state index contributed by atoms with van der Waals surface area (Å²) in [5.74, 6) is 1.09. The molecule has 118 valence electrons. The molecule has 3 heterocycles. The van der Waals surface area contributed by atoms with E-state index >= 15 is 0 Å². The number of halogens is 3. The Labute approximate surface area is 125 Å². The molecule has 1 saturated heterocycles. The highest BCUT2D eigenvalue weighted by molar-refractivity contribution is 5.31. The van der Waals surface area contributed by atoms with Crippen molar-refractivity contribution in [3.05, 3.63) is 35.7 Å². The monoisotopic (exact) mass is 311 g/mol. The van der Waals surface area contributed by atoms with Crippen molar-refractivity contribution in [3.8, 4) is 0 Å². The molecule has 1 N–H and O–H groups in total. The zero-order valence-corrected chi connectivity index (χ0v) is 12.1. The van der Waals surface area contributed by atoms with Gasteiger partial charge in [-0.25, -0.2) is 15.0 Å². The van der Waals surface area contributed by atoms with Gasteiger partial charge in [-0.1, -0.05) is 0 Å². The van der Waals surface area contributed by atoms with E-state index in [1.54, 1.807) is 12.4 Å². The molecule has 0 bridgehead atoms. The first-order valence-electron chi connectivity index (χ1n) is 7.09. The van der Waals surface area contributed by atoms with E-state index in [2.05, 4.69) is 19.9 Å². The van der Waals surface area contributed by atoms with Crippen molar-refractivity contribution >= 4 is 5.95 Å². The van der Waals surface area contributed by atoms with Gasteiger partial charge in [-0.05, 0) is 25.3 Å². The lowest BCUT2D eigenvalue weighted by Gasteiger charge is -2.31. The summed E-state index contributed by atoms with van der Waals surface area (Å²) in [5.41, 5.74) is 0.209. The third-order valence-corrected chi connectivity index (χ3v) is 3.83. The summed E-state index contributed by atoms with van der Waals surface area (Å²) < 4.78 is 37.8. The second-order valence-corrected chi connectivity index (χ2v) is 5.50. The number of H-pyrrole nitrogens is 1. The van der Waals surface area contributed by atoms with Gasteiger partial charge in [0.15, 0.2) is 0 Å². The zero-order valence-electron chi connectivity index (χ0n) is 12.1. The standard InChI is InChI=1S/C14H16F3N5/c1-9-6-19-13(20-7-9)22-4-2-10(3-5-22)12-18-8-11(21-12)14(15,16)17/h6-8,10H,2-5H2,1H3,(H,18,21). The smallest absolute Gasteiger partial charge is 0.341 e. The Morgan fingerprint density at radius 2 is 1.73 bits per heavy atom. The number of aromatic nitrogens is 4. The molecule has 2 aromatic rings. The number of imidazole rings is 1. The molecule has 2 aromatic heterocycles. The predicted octanol–water partition coefficient (Wildman–Crippen LogP) is 2.91. The van der Waals surface area contributed by atoms with Crippen molar-refractivity contribution in [2.75, 3.05) is 18.0 Å². The molecule has 3 rings (SSSR count). The molecular weight excluding hydrogens is 295 g/mol. The minimum atomic E-state index is -4.37. The van der Waals surface area contributed by atoms with Crippen molar-refractivity contribution in [3.63, 3.8) is 0 Å². The molecule has 1 aliphatic rings. The van der Waals surface area contributed by atoms with Gasteiger partial charge in [0.2, 0.25) is 5.95 Å². The molecular formula is C14H16F3N5. The van der Waals surface area contributed by atoms with Gasteiger partial charge >= 0.3 is 6.18 Å². The number of rotatable bonds is 2. The lowest BCUT2D eigenvalue weighted by molar-refractivity contribution is -0.141. The molecule has 0 spiro atoms. The molecule has 0 radical (unpaired) electrons. The van der Waals surface area contributed by atoms with Crippen LogP contribution in [0, 0.1) is 6.92 Å². The SMILES string of the molecule is Cc1cnc(N2CCC(c3ncc(C(F)(F)F)[nH]3)CC2)nc1. The van der Waals surface area contributed by atoms with Gasteiger partial charge in [-0.2, -0.15) is 13.2 Å². The topological polar surface area (TPSA) is 57.7 Å². The van der Waals surface area contributed by atoms with Crippen LogP contribution in [0.5, 0.6) is 0 Å². The molecule has 1 fully saturated rings. The summed E-state index contributed by atoms with van der Waals surface area (Å²) in [6.45, 7) is 3.33. The lowest BCUT2D eigenvalue weighted by Crippen LogP contribution is -2.34. The molecule has 0 saturated carbocycles. The van der Waals surface area contributed by atoms with Crippen LogP contribution in [-0.2, 0) is 6.18 Å². The van der Waals surface area contributed by atoms with E-state index in [1.165, 1.54) is 0 Å². The fraction of sp³-hybridized carbons (Fsp3) is 0.500.